The second kappa shape index (κ2) is 4.11. The Morgan fingerprint density at radius 3 is 3.00 bits per heavy atom. The lowest BCUT2D eigenvalue weighted by Gasteiger charge is -2.01. The van der Waals surface area contributed by atoms with Crippen LogP contribution in [-0.2, 0) is 0 Å². The van der Waals surface area contributed by atoms with E-state index in [0.29, 0.717) is 16.7 Å². The first kappa shape index (κ1) is 10.9. The number of thiol groups is 1. The van der Waals surface area contributed by atoms with Gasteiger partial charge in [0.25, 0.3) is 5.69 Å². The maximum Gasteiger partial charge on any atom is 0.270 e. The van der Waals surface area contributed by atoms with Gasteiger partial charge in [-0.05, 0) is 6.07 Å². The van der Waals surface area contributed by atoms with Gasteiger partial charge in [-0.15, -0.1) is 0 Å². The van der Waals surface area contributed by atoms with Gasteiger partial charge in [0, 0.05) is 18.7 Å². The molecule has 0 saturated carbocycles. The van der Waals surface area contributed by atoms with E-state index in [9.17, 15) is 10.1 Å². The molecule has 0 bridgehead atoms. The van der Waals surface area contributed by atoms with Crippen molar-refractivity contribution in [3.63, 3.8) is 0 Å². The summed E-state index contributed by atoms with van der Waals surface area (Å²) in [7, 11) is 0. The van der Waals surface area contributed by atoms with Gasteiger partial charge in [-0.25, -0.2) is 0 Å². The van der Waals surface area contributed by atoms with Crippen LogP contribution >= 0.6 is 12.6 Å². The second-order valence-corrected chi connectivity index (χ2v) is 3.88. The SMILES string of the molecule is NCC(S)c1noc2ccc([N+](=O)[O-])cc12. The number of non-ortho nitro benzene ring substituents is 1. The zero-order valence-electron chi connectivity index (χ0n) is 8.16. The number of fused-ring (bicyclic) bond motifs is 1. The van der Waals surface area contributed by atoms with E-state index < -0.39 is 4.92 Å². The molecule has 0 spiro atoms. The maximum atomic E-state index is 10.6. The van der Waals surface area contributed by atoms with Crippen molar-refractivity contribution in [1.82, 2.24) is 5.16 Å². The summed E-state index contributed by atoms with van der Waals surface area (Å²) in [4.78, 5) is 10.2. The second-order valence-electron chi connectivity index (χ2n) is 3.26. The fraction of sp³-hybridized carbons (Fsp3) is 0.222. The number of rotatable bonds is 3. The average Bonchev–Trinajstić information content (AvgIpc) is 2.70. The van der Waals surface area contributed by atoms with Gasteiger partial charge in [0.1, 0.15) is 5.69 Å². The molecule has 16 heavy (non-hydrogen) atoms. The van der Waals surface area contributed by atoms with E-state index in [4.69, 9.17) is 10.3 Å². The summed E-state index contributed by atoms with van der Waals surface area (Å²) in [6.07, 6.45) is 0. The molecule has 1 unspecified atom stereocenters. The predicted molar refractivity (Wildman–Crippen MR) is 61.4 cm³/mol. The monoisotopic (exact) mass is 239 g/mol. The normalized spacial score (nSPS) is 12.9. The molecule has 2 aromatic rings. The molecule has 6 nitrogen and oxygen atoms in total. The van der Waals surface area contributed by atoms with Gasteiger partial charge in [0.2, 0.25) is 0 Å². The zero-order valence-corrected chi connectivity index (χ0v) is 9.05. The lowest BCUT2D eigenvalue weighted by molar-refractivity contribution is -0.384. The smallest absolute Gasteiger partial charge is 0.270 e. The fourth-order valence-electron chi connectivity index (χ4n) is 1.41. The molecule has 84 valence electrons. The number of nitrogens with two attached hydrogens (primary N) is 1. The van der Waals surface area contributed by atoms with Crippen LogP contribution in [0.15, 0.2) is 22.7 Å². The van der Waals surface area contributed by atoms with Crippen LogP contribution in [0.1, 0.15) is 10.9 Å². The molecule has 0 amide bonds. The van der Waals surface area contributed by atoms with Gasteiger partial charge < -0.3 is 10.3 Å². The van der Waals surface area contributed by atoms with Gasteiger partial charge in [0.15, 0.2) is 5.58 Å². The molecule has 2 rings (SSSR count). The third kappa shape index (κ3) is 1.74. The van der Waals surface area contributed by atoms with Gasteiger partial charge in [-0.1, -0.05) is 5.16 Å². The highest BCUT2D eigenvalue weighted by Gasteiger charge is 2.17. The highest BCUT2D eigenvalue weighted by molar-refractivity contribution is 7.80. The lowest BCUT2D eigenvalue weighted by atomic mass is 10.1. The number of nitrogens with zero attached hydrogens (tertiary/aromatic N) is 2. The van der Waals surface area contributed by atoms with E-state index in [1.807, 2.05) is 0 Å². The first-order valence-electron chi connectivity index (χ1n) is 4.55. The van der Waals surface area contributed by atoms with Crippen molar-refractivity contribution in [3.8, 4) is 0 Å². The maximum absolute atomic E-state index is 10.6. The van der Waals surface area contributed by atoms with E-state index >= 15 is 0 Å². The number of benzene rings is 1. The van der Waals surface area contributed by atoms with Crippen LogP contribution in [0.2, 0.25) is 0 Å². The summed E-state index contributed by atoms with van der Waals surface area (Å²) in [5.41, 5.74) is 6.48. The minimum Gasteiger partial charge on any atom is -0.356 e. The fourth-order valence-corrected chi connectivity index (χ4v) is 1.60. The van der Waals surface area contributed by atoms with Gasteiger partial charge >= 0.3 is 0 Å². The minimum absolute atomic E-state index is 0.00509. The molecule has 0 radical (unpaired) electrons. The molecule has 1 aromatic carbocycles. The highest BCUT2D eigenvalue weighted by atomic mass is 32.1. The summed E-state index contributed by atoms with van der Waals surface area (Å²) in [6, 6.07) is 4.30. The summed E-state index contributed by atoms with van der Waals surface area (Å²) < 4.78 is 5.03. The average molecular weight is 239 g/mol. The Bertz CT molecular complexity index is 540. The number of aromatic nitrogens is 1. The molecular weight excluding hydrogens is 230 g/mol. The molecule has 0 fully saturated rings. The Balaban J connectivity index is 2.60. The van der Waals surface area contributed by atoms with E-state index in [0.717, 1.165) is 0 Å². The summed E-state index contributed by atoms with van der Waals surface area (Å²) in [5.74, 6) is 0. The van der Waals surface area contributed by atoms with E-state index in [-0.39, 0.29) is 17.5 Å². The number of nitro benzene ring substituents is 1. The van der Waals surface area contributed by atoms with Crippen LogP contribution in [0, 0.1) is 10.1 Å². The Morgan fingerprint density at radius 2 is 2.38 bits per heavy atom. The minimum atomic E-state index is -0.466. The van der Waals surface area contributed by atoms with Crippen LogP contribution in [0.5, 0.6) is 0 Å². The molecule has 0 aliphatic heterocycles. The van der Waals surface area contributed by atoms with Crippen LogP contribution in [0.25, 0.3) is 11.0 Å². The predicted octanol–water partition coefficient (Wildman–Crippen LogP) is 1.67. The summed E-state index contributed by atoms with van der Waals surface area (Å²) in [6.45, 7) is 0.285. The van der Waals surface area contributed by atoms with Crippen molar-refractivity contribution in [2.24, 2.45) is 5.73 Å². The molecule has 1 aromatic heterocycles. The Kier molecular flexibility index (Phi) is 2.80. The zero-order chi connectivity index (χ0) is 11.7. The van der Waals surface area contributed by atoms with E-state index in [2.05, 4.69) is 17.8 Å². The van der Waals surface area contributed by atoms with Gasteiger partial charge in [-0.2, -0.15) is 12.6 Å². The standard InChI is InChI=1S/C9H9N3O3S/c10-4-8(16)9-6-3-5(12(13)14)1-2-7(6)15-11-9/h1-3,8,16H,4,10H2. The molecule has 0 aliphatic rings. The van der Waals surface area contributed by atoms with Crippen LogP contribution in [-0.4, -0.2) is 16.6 Å². The van der Waals surface area contributed by atoms with Crippen LogP contribution in [0.4, 0.5) is 5.69 Å². The number of hydrogen-bond donors (Lipinski definition) is 2. The molecule has 0 aliphatic carbocycles. The number of hydrogen-bond acceptors (Lipinski definition) is 6. The lowest BCUT2D eigenvalue weighted by Crippen LogP contribution is -2.07. The highest BCUT2D eigenvalue weighted by Crippen LogP contribution is 2.29. The topological polar surface area (TPSA) is 95.2 Å². The van der Waals surface area contributed by atoms with Crippen molar-refractivity contribution in [1.29, 1.82) is 0 Å². The third-order valence-electron chi connectivity index (χ3n) is 2.23. The van der Waals surface area contributed by atoms with Crippen LogP contribution < -0.4 is 5.73 Å². The van der Waals surface area contributed by atoms with E-state index in [1.54, 1.807) is 0 Å². The Labute approximate surface area is 96.0 Å². The molecule has 1 heterocycles. The van der Waals surface area contributed by atoms with Crippen molar-refractivity contribution in [3.05, 3.63) is 34.0 Å². The summed E-state index contributed by atoms with van der Waals surface area (Å²) >= 11 is 4.23. The Morgan fingerprint density at radius 1 is 1.62 bits per heavy atom. The molecule has 7 heteroatoms. The van der Waals surface area contributed by atoms with Gasteiger partial charge in [-0.3, -0.25) is 10.1 Å². The quantitative estimate of drug-likeness (QED) is 0.482. The first-order valence-corrected chi connectivity index (χ1v) is 5.07. The van der Waals surface area contributed by atoms with Gasteiger partial charge in [0.05, 0.1) is 15.6 Å². The third-order valence-corrected chi connectivity index (χ3v) is 2.69. The molecule has 2 N–H and O–H groups in total. The Hall–Kier alpha value is -1.60. The van der Waals surface area contributed by atoms with Crippen molar-refractivity contribution < 1.29 is 9.45 Å². The molecule has 1 atom stereocenters. The summed E-state index contributed by atoms with van der Waals surface area (Å²) in [5, 5.41) is 14.7. The van der Waals surface area contributed by atoms with Crippen LogP contribution in [0.3, 0.4) is 0 Å². The molecular formula is C9H9N3O3S. The van der Waals surface area contributed by atoms with Crippen molar-refractivity contribution >= 4 is 29.3 Å². The van der Waals surface area contributed by atoms with Crippen molar-refractivity contribution in [2.75, 3.05) is 6.54 Å². The number of nitro groups is 1. The first-order chi connectivity index (χ1) is 7.63. The van der Waals surface area contributed by atoms with E-state index in [1.165, 1.54) is 18.2 Å². The largest absolute Gasteiger partial charge is 0.356 e. The van der Waals surface area contributed by atoms with Crippen molar-refractivity contribution in [2.45, 2.75) is 5.25 Å². The molecule has 0 saturated heterocycles.